The Morgan fingerprint density at radius 2 is 2.20 bits per heavy atom. The van der Waals surface area contributed by atoms with Gasteiger partial charge in [0.25, 0.3) is 0 Å². The molecule has 0 aromatic carbocycles. The highest BCUT2D eigenvalue weighted by atomic mass is 32.2. The molecule has 0 saturated carbocycles. The van der Waals surface area contributed by atoms with Crippen molar-refractivity contribution in [2.75, 3.05) is 5.75 Å². The normalized spacial score (nSPS) is 12.6. The van der Waals surface area contributed by atoms with E-state index in [0.717, 1.165) is 21.7 Å². The Balaban J connectivity index is 2.12. The zero-order valence-electron chi connectivity index (χ0n) is 12.1. The van der Waals surface area contributed by atoms with Crippen molar-refractivity contribution < 1.29 is 9.53 Å². The van der Waals surface area contributed by atoms with Gasteiger partial charge in [0, 0.05) is 10.3 Å². The van der Waals surface area contributed by atoms with Crippen LogP contribution in [0.5, 0.6) is 0 Å². The quantitative estimate of drug-likeness (QED) is 0.478. The molecule has 2 heterocycles. The van der Waals surface area contributed by atoms with Gasteiger partial charge in [0.05, 0.1) is 11.9 Å². The summed E-state index contributed by atoms with van der Waals surface area (Å²) in [6.07, 6.45) is 2.36. The number of rotatable bonds is 5. The first-order valence-corrected chi connectivity index (χ1v) is 8.36. The Labute approximate surface area is 127 Å². The molecule has 0 bridgehead atoms. The minimum atomic E-state index is -0.194. The van der Waals surface area contributed by atoms with Gasteiger partial charge in [-0.2, -0.15) is 0 Å². The van der Waals surface area contributed by atoms with Gasteiger partial charge in [-0.05, 0) is 32.8 Å². The number of esters is 1. The van der Waals surface area contributed by atoms with E-state index in [9.17, 15) is 4.79 Å². The van der Waals surface area contributed by atoms with Gasteiger partial charge in [0.2, 0.25) is 0 Å². The second-order valence-electron chi connectivity index (χ2n) is 4.64. The van der Waals surface area contributed by atoms with Crippen molar-refractivity contribution in [3.8, 4) is 0 Å². The van der Waals surface area contributed by atoms with E-state index in [1.54, 1.807) is 17.7 Å². The largest absolute Gasteiger partial charge is 0.462 e. The molecule has 0 fully saturated rings. The van der Waals surface area contributed by atoms with Crippen molar-refractivity contribution in [2.24, 2.45) is 0 Å². The molecule has 0 aliphatic rings. The van der Waals surface area contributed by atoms with Crippen LogP contribution in [0.3, 0.4) is 0 Å². The van der Waals surface area contributed by atoms with Gasteiger partial charge in [0.1, 0.15) is 16.2 Å². The van der Waals surface area contributed by atoms with E-state index in [0.29, 0.717) is 0 Å². The highest BCUT2D eigenvalue weighted by molar-refractivity contribution is 8.00. The van der Waals surface area contributed by atoms with E-state index in [1.807, 2.05) is 13.8 Å². The van der Waals surface area contributed by atoms with Crippen LogP contribution in [0.4, 0.5) is 0 Å². The third-order valence-electron chi connectivity index (χ3n) is 3.16. The number of ether oxygens (including phenoxy) is 1. The summed E-state index contributed by atoms with van der Waals surface area (Å²) in [4.78, 5) is 22.5. The molecule has 0 amide bonds. The van der Waals surface area contributed by atoms with Crippen LogP contribution in [0.2, 0.25) is 0 Å². The Bertz CT molecular complexity index is 625. The summed E-state index contributed by atoms with van der Waals surface area (Å²) in [5, 5.41) is 1.93. The van der Waals surface area contributed by atoms with Crippen molar-refractivity contribution in [2.45, 2.75) is 45.2 Å². The molecule has 20 heavy (non-hydrogen) atoms. The van der Waals surface area contributed by atoms with E-state index >= 15 is 0 Å². The van der Waals surface area contributed by atoms with Crippen LogP contribution in [0, 0.1) is 13.8 Å². The molecule has 6 heteroatoms. The molecule has 0 spiro atoms. The number of carbonyl (C=O) groups is 1. The molecule has 0 aliphatic heterocycles. The maximum atomic E-state index is 11.7. The zero-order chi connectivity index (χ0) is 14.7. The summed E-state index contributed by atoms with van der Waals surface area (Å²) < 4.78 is 5.27. The highest BCUT2D eigenvalue weighted by Gasteiger charge is 2.14. The highest BCUT2D eigenvalue weighted by Crippen LogP contribution is 2.34. The van der Waals surface area contributed by atoms with E-state index in [2.05, 4.69) is 23.8 Å². The number of nitrogens with zero attached hydrogens (tertiary/aromatic N) is 2. The second kappa shape index (κ2) is 6.54. The van der Waals surface area contributed by atoms with Crippen molar-refractivity contribution in [3.63, 3.8) is 0 Å². The number of hydrogen-bond acceptors (Lipinski definition) is 6. The summed E-state index contributed by atoms with van der Waals surface area (Å²) in [5.41, 5.74) is 1.20. The summed E-state index contributed by atoms with van der Waals surface area (Å²) >= 11 is 3.08. The van der Waals surface area contributed by atoms with Gasteiger partial charge in [0.15, 0.2) is 0 Å². The lowest BCUT2D eigenvalue weighted by atomic mass is 10.2. The van der Waals surface area contributed by atoms with E-state index < -0.39 is 0 Å². The van der Waals surface area contributed by atoms with E-state index in [1.165, 1.54) is 22.2 Å². The molecule has 4 nitrogen and oxygen atoms in total. The third kappa shape index (κ3) is 3.30. The predicted molar refractivity (Wildman–Crippen MR) is 83.5 cm³/mol. The molecule has 2 rings (SSSR count). The van der Waals surface area contributed by atoms with Crippen molar-refractivity contribution in [1.29, 1.82) is 0 Å². The summed E-state index contributed by atoms with van der Waals surface area (Å²) in [7, 11) is 0. The maximum absolute atomic E-state index is 11.7. The average molecular weight is 310 g/mol. The van der Waals surface area contributed by atoms with Gasteiger partial charge >= 0.3 is 5.97 Å². The van der Waals surface area contributed by atoms with Crippen LogP contribution in [0.25, 0.3) is 10.2 Å². The van der Waals surface area contributed by atoms with Gasteiger partial charge in [-0.15, -0.1) is 11.3 Å². The van der Waals surface area contributed by atoms with Crippen LogP contribution < -0.4 is 0 Å². The zero-order valence-corrected chi connectivity index (χ0v) is 13.7. The number of thioether (sulfide) groups is 1. The number of aryl methyl sites for hydroxylation is 2. The fourth-order valence-corrected chi connectivity index (χ4v) is 3.63. The van der Waals surface area contributed by atoms with E-state index in [-0.39, 0.29) is 17.8 Å². The number of thiophene rings is 1. The van der Waals surface area contributed by atoms with Crippen LogP contribution in [0.15, 0.2) is 11.4 Å². The summed E-state index contributed by atoms with van der Waals surface area (Å²) in [6, 6.07) is 0. The standard InChI is InChI=1S/C14H18N2O2S2/c1-5-8(2)18-11(17)6-19-13-12-9(3)10(4)20-14(12)16-7-15-13/h7-8H,5-6H2,1-4H3/t8-/m1/s1. The molecule has 0 radical (unpaired) electrons. The first-order valence-electron chi connectivity index (χ1n) is 6.55. The van der Waals surface area contributed by atoms with Gasteiger partial charge < -0.3 is 4.74 Å². The second-order valence-corrected chi connectivity index (χ2v) is 6.81. The number of carbonyl (C=O) groups excluding carboxylic acids is 1. The Hall–Kier alpha value is -1.14. The van der Waals surface area contributed by atoms with Crippen molar-refractivity contribution in [3.05, 3.63) is 16.8 Å². The summed E-state index contributed by atoms with van der Waals surface area (Å²) in [5.74, 6) is 0.0887. The minimum absolute atomic E-state index is 0.0290. The molecular weight excluding hydrogens is 292 g/mol. The van der Waals surface area contributed by atoms with Gasteiger partial charge in [-0.1, -0.05) is 18.7 Å². The number of hydrogen-bond donors (Lipinski definition) is 0. The third-order valence-corrected chi connectivity index (χ3v) is 5.24. The van der Waals surface area contributed by atoms with Crippen LogP contribution in [-0.4, -0.2) is 27.8 Å². The first kappa shape index (κ1) is 15.3. The smallest absolute Gasteiger partial charge is 0.316 e. The lowest BCUT2D eigenvalue weighted by molar-refractivity contribution is -0.144. The van der Waals surface area contributed by atoms with E-state index in [4.69, 9.17) is 4.74 Å². The maximum Gasteiger partial charge on any atom is 0.316 e. The van der Waals surface area contributed by atoms with Gasteiger partial charge in [-0.3, -0.25) is 4.79 Å². The Morgan fingerprint density at radius 1 is 1.45 bits per heavy atom. The fraction of sp³-hybridized carbons (Fsp3) is 0.500. The number of fused-ring (bicyclic) bond motifs is 1. The fourth-order valence-electron chi connectivity index (χ4n) is 1.73. The summed E-state index contributed by atoms with van der Waals surface area (Å²) in [6.45, 7) is 8.04. The monoisotopic (exact) mass is 310 g/mol. The lowest BCUT2D eigenvalue weighted by Gasteiger charge is -2.10. The Morgan fingerprint density at radius 3 is 2.90 bits per heavy atom. The SMILES string of the molecule is CC[C@@H](C)OC(=O)CSc1ncnc2sc(C)c(C)c12. The average Bonchev–Trinajstić information content (AvgIpc) is 2.72. The molecule has 0 unspecified atom stereocenters. The van der Waals surface area contributed by atoms with Crippen LogP contribution in [-0.2, 0) is 9.53 Å². The van der Waals surface area contributed by atoms with Crippen LogP contribution >= 0.6 is 23.1 Å². The lowest BCUT2D eigenvalue weighted by Crippen LogP contribution is -2.15. The molecule has 0 N–H and O–H groups in total. The Kier molecular flexibility index (Phi) is 4.99. The molecular formula is C14H18N2O2S2. The molecule has 1 atom stereocenters. The van der Waals surface area contributed by atoms with Crippen molar-refractivity contribution >= 4 is 39.3 Å². The molecule has 2 aromatic heterocycles. The molecule has 108 valence electrons. The number of aromatic nitrogens is 2. The minimum Gasteiger partial charge on any atom is -0.462 e. The molecule has 0 saturated heterocycles. The van der Waals surface area contributed by atoms with Crippen molar-refractivity contribution in [1.82, 2.24) is 9.97 Å². The predicted octanol–water partition coefficient (Wildman–Crippen LogP) is 3.74. The molecule has 2 aromatic rings. The van der Waals surface area contributed by atoms with Crippen LogP contribution in [0.1, 0.15) is 30.7 Å². The van der Waals surface area contributed by atoms with Gasteiger partial charge in [-0.25, -0.2) is 9.97 Å². The first-order chi connectivity index (χ1) is 9.52. The molecule has 0 aliphatic carbocycles. The topological polar surface area (TPSA) is 52.1 Å².